The minimum absolute atomic E-state index is 0.0800. The first-order chi connectivity index (χ1) is 10.2. The van der Waals surface area contributed by atoms with Crippen molar-refractivity contribution in [2.45, 2.75) is 32.1 Å². The molecule has 0 aliphatic rings. The number of carboxylic acid groups (broad SMARTS) is 1. The van der Waals surface area contributed by atoms with Crippen molar-refractivity contribution in [3.8, 4) is 5.75 Å². The molecule has 1 aromatic rings. The van der Waals surface area contributed by atoms with Gasteiger partial charge in [0.2, 0.25) is 10.0 Å². The third kappa shape index (κ3) is 5.03. The number of hydrogen-bond donors (Lipinski definition) is 3. The van der Waals surface area contributed by atoms with Crippen LogP contribution in [0.5, 0.6) is 5.75 Å². The maximum atomic E-state index is 12.1. The van der Waals surface area contributed by atoms with Crippen molar-refractivity contribution >= 4 is 27.5 Å². The Morgan fingerprint density at radius 2 is 1.95 bits per heavy atom. The van der Waals surface area contributed by atoms with Gasteiger partial charge in [0.05, 0.1) is 6.26 Å². The van der Waals surface area contributed by atoms with Gasteiger partial charge in [0, 0.05) is 17.7 Å². The van der Waals surface area contributed by atoms with Crippen LogP contribution in [0, 0.1) is 0 Å². The largest absolute Gasteiger partial charge is 0.508 e. The van der Waals surface area contributed by atoms with E-state index < -0.39 is 27.7 Å². The SMILES string of the molecule is CCCCC(=O)C(C(=O)O)c1cc(NS(C)(=O)=O)ccc1O. The number of sulfonamides is 1. The van der Waals surface area contributed by atoms with Gasteiger partial charge >= 0.3 is 5.97 Å². The molecule has 1 atom stereocenters. The number of Topliss-reactive ketones (excluding diaryl/α,β-unsaturated/α-hetero) is 1. The highest BCUT2D eigenvalue weighted by Crippen LogP contribution is 2.31. The molecule has 0 radical (unpaired) electrons. The summed E-state index contributed by atoms with van der Waals surface area (Å²) < 4.78 is 24.6. The Labute approximate surface area is 129 Å². The summed E-state index contributed by atoms with van der Waals surface area (Å²) in [5, 5.41) is 19.1. The molecular weight excluding hydrogens is 310 g/mol. The zero-order valence-corrected chi connectivity index (χ0v) is 13.2. The number of hydrogen-bond acceptors (Lipinski definition) is 5. The van der Waals surface area contributed by atoms with Crippen molar-refractivity contribution in [3.05, 3.63) is 23.8 Å². The van der Waals surface area contributed by atoms with Crippen LogP contribution in [0.1, 0.15) is 37.7 Å². The second-order valence-corrected chi connectivity index (χ2v) is 6.74. The average Bonchev–Trinajstić information content (AvgIpc) is 2.38. The summed E-state index contributed by atoms with van der Waals surface area (Å²) in [7, 11) is -3.55. The number of phenols is 1. The third-order valence-electron chi connectivity index (χ3n) is 2.99. The molecule has 1 aromatic carbocycles. The van der Waals surface area contributed by atoms with Crippen LogP contribution in [0.15, 0.2) is 18.2 Å². The number of ketones is 1. The lowest BCUT2D eigenvalue weighted by Gasteiger charge is -2.15. The van der Waals surface area contributed by atoms with Crippen LogP contribution in [0.25, 0.3) is 0 Å². The van der Waals surface area contributed by atoms with Crippen LogP contribution in [-0.2, 0) is 19.6 Å². The standard InChI is InChI=1S/C14H19NO6S/c1-3-4-5-12(17)13(14(18)19)10-8-9(6-7-11(10)16)15-22(2,20)21/h6-8,13,15-16H,3-5H2,1-2H3,(H,18,19). The Balaban J connectivity index is 3.21. The number of nitrogens with one attached hydrogen (secondary N) is 1. The number of benzene rings is 1. The first-order valence-corrected chi connectivity index (χ1v) is 8.61. The molecule has 1 unspecified atom stereocenters. The smallest absolute Gasteiger partial charge is 0.318 e. The van der Waals surface area contributed by atoms with Crippen LogP contribution >= 0.6 is 0 Å². The predicted octanol–water partition coefficient (Wildman–Crippen LogP) is 1.69. The quantitative estimate of drug-likeness (QED) is 0.493. The van der Waals surface area contributed by atoms with Gasteiger partial charge in [0.25, 0.3) is 0 Å². The molecular formula is C14H19NO6S. The zero-order chi connectivity index (χ0) is 16.9. The summed E-state index contributed by atoms with van der Waals surface area (Å²) in [6, 6.07) is 3.61. The van der Waals surface area contributed by atoms with E-state index in [4.69, 9.17) is 0 Å². The van der Waals surface area contributed by atoms with Gasteiger partial charge in [-0.1, -0.05) is 13.3 Å². The van der Waals surface area contributed by atoms with Gasteiger partial charge in [0.1, 0.15) is 11.7 Å². The Morgan fingerprint density at radius 1 is 1.32 bits per heavy atom. The van der Waals surface area contributed by atoms with Crippen molar-refractivity contribution < 1.29 is 28.2 Å². The summed E-state index contributed by atoms with van der Waals surface area (Å²) in [5.41, 5.74) is -0.0351. The maximum absolute atomic E-state index is 12.1. The van der Waals surface area contributed by atoms with Gasteiger partial charge in [-0.05, 0) is 24.6 Å². The van der Waals surface area contributed by atoms with E-state index in [1.165, 1.54) is 12.1 Å². The fourth-order valence-electron chi connectivity index (χ4n) is 2.00. The van der Waals surface area contributed by atoms with Gasteiger partial charge in [-0.3, -0.25) is 14.3 Å². The molecule has 0 saturated heterocycles. The molecule has 122 valence electrons. The Bertz CT molecular complexity index is 668. The third-order valence-corrected chi connectivity index (χ3v) is 3.59. The summed E-state index contributed by atoms with van der Waals surface area (Å²) >= 11 is 0. The molecule has 0 spiro atoms. The van der Waals surface area contributed by atoms with Gasteiger partial charge in [0.15, 0.2) is 5.78 Å². The van der Waals surface area contributed by atoms with E-state index in [1.807, 2.05) is 6.92 Å². The van der Waals surface area contributed by atoms with E-state index in [1.54, 1.807) is 0 Å². The number of phenolic OH excluding ortho intramolecular Hbond substituents is 1. The molecule has 0 aliphatic carbocycles. The van der Waals surface area contributed by atoms with E-state index in [2.05, 4.69) is 4.72 Å². The van der Waals surface area contributed by atoms with Crippen LogP contribution in [-0.4, -0.2) is 36.6 Å². The number of rotatable bonds is 8. The Hall–Kier alpha value is -2.09. The molecule has 0 aliphatic heterocycles. The van der Waals surface area contributed by atoms with Gasteiger partial charge in [-0.15, -0.1) is 0 Å². The fourth-order valence-corrected chi connectivity index (χ4v) is 2.56. The molecule has 1 rings (SSSR count). The van der Waals surface area contributed by atoms with Gasteiger partial charge in [-0.2, -0.15) is 0 Å². The monoisotopic (exact) mass is 329 g/mol. The van der Waals surface area contributed by atoms with Gasteiger partial charge in [-0.25, -0.2) is 8.42 Å². The zero-order valence-electron chi connectivity index (χ0n) is 12.4. The predicted molar refractivity (Wildman–Crippen MR) is 81.5 cm³/mol. The average molecular weight is 329 g/mol. The minimum Gasteiger partial charge on any atom is -0.508 e. The first kappa shape index (κ1) is 18.0. The van der Waals surface area contributed by atoms with E-state index in [-0.39, 0.29) is 23.4 Å². The summed E-state index contributed by atoms with van der Waals surface area (Å²) in [6.45, 7) is 1.87. The lowest BCUT2D eigenvalue weighted by Crippen LogP contribution is -2.22. The van der Waals surface area contributed by atoms with E-state index in [0.717, 1.165) is 18.7 Å². The van der Waals surface area contributed by atoms with Crippen LogP contribution in [0.3, 0.4) is 0 Å². The van der Waals surface area contributed by atoms with Crippen molar-refractivity contribution in [3.63, 3.8) is 0 Å². The molecule has 7 nitrogen and oxygen atoms in total. The van der Waals surface area contributed by atoms with Crippen molar-refractivity contribution in [2.24, 2.45) is 0 Å². The molecule has 0 fully saturated rings. The first-order valence-electron chi connectivity index (χ1n) is 6.72. The molecule has 8 heteroatoms. The molecule has 0 amide bonds. The summed E-state index contributed by atoms with van der Waals surface area (Å²) in [6.07, 6.45) is 2.31. The topological polar surface area (TPSA) is 121 Å². The van der Waals surface area contributed by atoms with Crippen LogP contribution in [0.4, 0.5) is 5.69 Å². The highest BCUT2D eigenvalue weighted by Gasteiger charge is 2.30. The number of aromatic hydroxyl groups is 1. The highest BCUT2D eigenvalue weighted by atomic mass is 32.2. The van der Waals surface area contributed by atoms with Crippen LogP contribution < -0.4 is 4.72 Å². The molecule has 0 saturated carbocycles. The maximum Gasteiger partial charge on any atom is 0.318 e. The number of carboxylic acids is 1. The van der Waals surface area contributed by atoms with Crippen molar-refractivity contribution in [1.82, 2.24) is 0 Å². The van der Waals surface area contributed by atoms with Crippen molar-refractivity contribution in [1.29, 1.82) is 0 Å². The Morgan fingerprint density at radius 3 is 2.45 bits per heavy atom. The van der Waals surface area contributed by atoms with Gasteiger partial charge < -0.3 is 10.2 Å². The second-order valence-electron chi connectivity index (χ2n) is 4.99. The minimum atomic E-state index is -3.55. The molecule has 0 heterocycles. The molecule has 22 heavy (non-hydrogen) atoms. The number of aliphatic carboxylic acids is 1. The molecule has 3 N–H and O–H groups in total. The highest BCUT2D eigenvalue weighted by molar-refractivity contribution is 7.92. The normalized spacial score (nSPS) is 12.6. The summed E-state index contributed by atoms with van der Waals surface area (Å²) in [5.74, 6) is -3.79. The van der Waals surface area contributed by atoms with E-state index >= 15 is 0 Å². The lowest BCUT2D eigenvalue weighted by molar-refractivity contribution is -0.142. The lowest BCUT2D eigenvalue weighted by atomic mass is 9.91. The van der Waals surface area contributed by atoms with Crippen molar-refractivity contribution in [2.75, 3.05) is 11.0 Å². The van der Waals surface area contributed by atoms with E-state index in [9.17, 15) is 28.2 Å². The Kier molecular flexibility index (Phi) is 5.92. The number of unbranched alkanes of at least 4 members (excludes halogenated alkanes) is 1. The number of carbonyl (C=O) groups excluding carboxylic acids is 1. The second kappa shape index (κ2) is 7.26. The fraction of sp³-hybridized carbons (Fsp3) is 0.429. The summed E-state index contributed by atoms with van der Waals surface area (Å²) in [4.78, 5) is 23.4. The van der Waals surface area contributed by atoms with Crippen LogP contribution in [0.2, 0.25) is 0 Å². The number of anilines is 1. The molecule has 0 bridgehead atoms. The number of carbonyl (C=O) groups is 2. The molecule has 0 aromatic heterocycles. The van der Waals surface area contributed by atoms with E-state index in [0.29, 0.717) is 6.42 Å².